The van der Waals surface area contributed by atoms with Crippen molar-refractivity contribution in [2.75, 3.05) is 31.1 Å². The number of anilines is 1. The molecule has 3 heterocycles. The highest BCUT2D eigenvalue weighted by atomic mass is 15.3. The summed E-state index contributed by atoms with van der Waals surface area (Å²) >= 11 is 0. The lowest BCUT2D eigenvalue weighted by Crippen LogP contribution is -2.46. The minimum absolute atomic E-state index is 0.951. The normalized spacial score (nSPS) is 15.8. The van der Waals surface area contributed by atoms with Crippen LogP contribution >= 0.6 is 0 Å². The first-order chi connectivity index (χ1) is 11.8. The predicted octanol–water partition coefficient (Wildman–Crippen LogP) is 2.66. The van der Waals surface area contributed by atoms with Gasteiger partial charge in [-0.3, -0.25) is 14.9 Å². The third kappa shape index (κ3) is 3.21. The van der Waals surface area contributed by atoms with E-state index in [2.05, 4.69) is 32.8 Å². The molecule has 0 unspecified atom stereocenters. The van der Waals surface area contributed by atoms with E-state index in [-0.39, 0.29) is 0 Å². The Bertz CT molecular complexity index is 840. The van der Waals surface area contributed by atoms with Crippen LogP contribution in [0.3, 0.4) is 0 Å². The van der Waals surface area contributed by atoms with E-state index in [9.17, 15) is 0 Å². The number of nitrogens with zero attached hydrogens (tertiary/aromatic N) is 5. The van der Waals surface area contributed by atoms with Gasteiger partial charge in [-0.25, -0.2) is 4.98 Å². The first kappa shape index (κ1) is 15.0. The number of aryl methyl sites for hydroxylation is 1. The third-order valence-electron chi connectivity index (χ3n) is 4.47. The number of hydrogen-bond acceptors (Lipinski definition) is 5. The molecule has 0 aliphatic carbocycles. The molecule has 5 nitrogen and oxygen atoms in total. The van der Waals surface area contributed by atoms with Crippen molar-refractivity contribution in [1.82, 2.24) is 19.9 Å². The Kier molecular flexibility index (Phi) is 4.09. The molecule has 1 aliphatic heterocycles. The lowest BCUT2D eigenvalue weighted by atomic mass is 10.2. The van der Waals surface area contributed by atoms with Gasteiger partial charge in [-0.1, -0.05) is 18.2 Å². The predicted molar refractivity (Wildman–Crippen MR) is 96.0 cm³/mol. The summed E-state index contributed by atoms with van der Waals surface area (Å²) in [6, 6.07) is 10.2. The van der Waals surface area contributed by atoms with Gasteiger partial charge in [-0.15, -0.1) is 0 Å². The molecule has 5 heteroatoms. The number of benzene rings is 1. The molecular weight excluding hydrogens is 298 g/mol. The quantitative estimate of drug-likeness (QED) is 0.743. The summed E-state index contributed by atoms with van der Waals surface area (Å²) in [6.07, 6.45) is 5.76. The maximum Gasteiger partial charge on any atom is 0.147 e. The zero-order valence-corrected chi connectivity index (χ0v) is 13.9. The molecule has 1 aliphatic rings. The van der Waals surface area contributed by atoms with E-state index in [0.29, 0.717) is 0 Å². The van der Waals surface area contributed by atoms with Crippen molar-refractivity contribution in [3.05, 3.63) is 60.0 Å². The number of para-hydroxylation sites is 2. The fourth-order valence-electron chi connectivity index (χ4n) is 3.20. The molecule has 1 fully saturated rings. The number of aromatic nitrogens is 3. The molecule has 24 heavy (non-hydrogen) atoms. The molecule has 122 valence electrons. The summed E-state index contributed by atoms with van der Waals surface area (Å²) in [5, 5.41) is 0. The lowest BCUT2D eigenvalue weighted by Gasteiger charge is -2.35. The minimum atomic E-state index is 0.951. The number of rotatable bonds is 3. The van der Waals surface area contributed by atoms with Gasteiger partial charge < -0.3 is 4.90 Å². The van der Waals surface area contributed by atoms with Crippen molar-refractivity contribution in [2.45, 2.75) is 13.5 Å². The molecular formula is C19H21N5. The molecule has 0 atom stereocenters. The minimum Gasteiger partial charge on any atom is -0.353 e. The number of piperazine rings is 1. The van der Waals surface area contributed by atoms with Gasteiger partial charge in [0, 0.05) is 45.1 Å². The molecule has 1 saturated heterocycles. The number of hydrogen-bond donors (Lipinski definition) is 0. The van der Waals surface area contributed by atoms with Gasteiger partial charge in [0.1, 0.15) is 5.82 Å². The van der Waals surface area contributed by atoms with Crippen molar-refractivity contribution in [3.63, 3.8) is 0 Å². The van der Waals surface area contributed by atoms with Gasteiger partial charge in [-0.05, 0) is 30.2 Å². The van der Waals surface area contributed by atoms with Crippen LogP contribution in [0, 0.1) is 6.92 Å². The summed E-state index contributed by atoms with van der Waals surface area (Å²) in [5.74, 6) is 0.977. The zero-order valence-electron chi connectivity index (χ0n) is 13.9. The van der Waals surface area contributed by atoms with Crippen molar-refractivity contribution >= 4 is 16.9 Å². The van der Waals surface area contributed by atoms with E-state index in [0.717, 1.165) is 49.6 Å². The molecule has 0 bridgehead atoms. The van der Waals surface area contributed by atoms with E-state index in [1.165, 1.54) is 11.1 Å². The van der Waals surface area contributed by atoms with Crippen LogP contribution in [-0.2, 0) is 6.54 Å². The highest BCUT2D eigenvalue weighted by Gasteiger charge is 2.18. The van der Waals surface area contributed by atoms with Crippen LogP contribution in [0.4, 0.5) is 5.82 Å². The van der Waals surface area contributed by atoms with Gasteiger partial charge in [0.05, 0.1) is 17.2 Å². The van der Waals surface area contributed by atoms with Crippen LogP contribution in [-0.4, -0.2) is 46.0 Å². The first-order valence-electron chi connectivity index (χ1n) is 8.37. The Morgan fingerprint density at radius 2 is 1.75 bits per heavy atom. The molecule has 0 N–H and O–H groups in total. The van der Waals surface area contributed by atoms with Gasteiger partial charge in [-0.2, -0.15) is 0 Å². The Morgan fingerprint density at radius 1 is 0.958 bits per heavy atom. The second-order valence-electron chi connectivity index (χ2n) is 6.35. The third-order valence-corrected chi connectivity index (χ3v) is 4.47. The fraction of sp³-hybridized carbons (Fsp3) is 0.316. The summed E-state index contributed by atoms with van der Waals surface area (Å²) in [5.41, 5.74) is 4.42. The summed E-state index contributed by atoms with van der Waals surface area (Å²) in [7, 11) is 0. The van der Waals surface area contributed by atoms with E-state index in [1.54, 1.807) is 0 Å². The van der Waals surface area contributed by atoms with Gasteiger partial charge in [0.25, 0.3) is 0 Å². The Labute approximate surface area is 142 Å². The molecule has 0 radical (unpaired) electrons. The van der Waals surface area contributed by atoms with E-state index >= 15 is 0 Å². The molecule has 3 aromatic rings. The molecule has 2 aromatic heterocycles. The largest absolute Gasteiger partial charge is 0.353 e. The van der Waals surface area contributed by atoms with Gasteiger partial charge in [0.15, 0.2) is 0 Å². The maximum absolute atomic E-state index is 4.75. The van der Waals surface area contributed by atoms with Gasteiger partial charge >= 0.3 is 0 Å². The van der Waals surface area contributed by atoms with E-state index < -0.39 is 0 Å². The first-order valence-corrected chi connectivity index (χ1v) is 8.37. The Balaban J connectivity index is 1.41. The van der Waals surface area contributed by atoms with Crippen molar-refractivity contribution in [3.8, 4) is 0 Å². The van der Waals surface area contributed by atoms with Crippen LogP contribution in [0.2, 0.25) is 0 Å². The topological polar surface area (TPSA) is 45.2 Å². The van der Waals surface area contributed by atoms with E-state index in [1.807, 2.05) is 42.9 Å². The van der Waals surface area contributed by atoms with Gasteiger partial charge in [0.2, 0.25) is 0 Å². The SMILES string of the molecule is Cc1cncc(CN2CCN(c3cnc4ccccc4n3)CC2)c1. The van der Waals surface area contributed by atoms with Crippen LogP contribution in [0.5, 0.6) is 0 Å². The molecule has 0 saturated carbocycles. The second kappa shape index (κ2) is 6.53. The van der Waals surface area contributed by atoms with Crippen LogP contribution in [0.15, 0.2) is 48.9 Å². The highest BCUT2D eigenvalue weighted by Crippen LogP contribution is 2.17. The maximum atomic E-state index is 4.75. The average Bonchev–Trinajstić information content (AvgIpc) is 2.62. The van der Waals surface area contributed by atoms with Crippen molar-refractivity contribution in [2.24, 2.45) is 0 Å². The average molecular weight is 319 g/mol. The van der Waals surface area contributed by atoms with Crippen molar-refractivity contribution < 1.29 is 0 Å². The summed E-state index contributed by atoms with van der Waals surface area (Å²) < 4.78 is 0. The Hall–Kier alpha value is -2.53. The molecule has 1 aromatic carbocycles. The molecule has 0 amide bonds. The lowest BCUT2D eigenvalue weighted by molar-refractivity contribution is 0.249. The van der Waals surface area contributed by atoms with E-state index in [4.69, 9.17) is 4.98 Å². The Morgan fingerprint density at radius 3 is 2.54 bits per heavy atom. The van der Waals surface area contributed by atoms with Crippen LogP contribution < -0.4 is 4.90 Å². The number of fused-ring (bicyclic) bond motifs is 1. The number of pyridine rings is 1. The fourth-order valence-corrected chi connectivity index (χ4v) is 3.20. The monoisotopic (exact) mass is 319 g/mol. The highest BCUT2D eigenvalue weighted by molar-refractivity contribution is 5.75. The summed E-state index contributed by atoms with van der Waals surface area (Å²) in [4.78, 5) is 18.4. The molecule has 4 rings (SSSR count). The van der Waals surface area contributed by atoms with Crippen LogP contribution in [0.25, 0.3) is 11.0 Å². The second-order valence-corrected chi connectivity index (χ2v) is 6.35. The van der Waals surface area contributed by atoms with Crippen LogP contribution in [0.1, 0.15) is 11.1 Å². The van der Waals surface area contributed by atoms with Crippen molar-refractivity contribution in [1.29, 1.82) is 0 Å². The standard InChI is InChI=1S/C19H21N5/c1-15-10-16(12-20-11-15)14-23-6-8-24(9-7-23)19-13-21-17-4-2-3-5-18(17)22-19/h2-5,10-13H,6-9,14H2,1H3. The smallest absolute Gasteiger partial charge is 0.147 e. The summed E-state index contributed by atoms with van der Waals surface area (Å²) in [6.45, 7) is 7.07. The zero-order chi connectivity index (χ0) is 16.4. The molecule has 0 spiro atoms.